The van der Waals surface area contributed by atoms with Gasteiger partial charge < -0.3 is 11.1 Å². The van der Waals surface area contributed by atoms with Crippen LogP contribution in [0.2, 0.25) is 0 Å². The van der Waals surface area contributed by atoms with E-state index in [1.807, 2.05) is 0 Å². The SMILES string of the molecule is CNc1cc(F)c(F)cc1-c1nnc(C(F)F)cc1C(N)=O. The Morgan fingerprint density at radius 3 is 2.36 bits per heavy atom. The molecule has 0 spiro atoms. The smallest absolute Gasteiger partial charge is 0.282 e. The van der Waals surface area contributed by atoms with Crippen molar-refractivity contribution in [3.8, 4) is 11.3 Å². The van der Waals surface area contributed by atoms with Crippen LogP contribution >= 0.6 is 0 Å². The molecule has 0 saturated heterocycles. The zero-order chi connectivity index (χ0) is 16.4. The van der Waals surface area contributed by atoms with E-state index in [2.05, 4.69) is 15.5 Å². The fourth-order valence-corrected chi connectivity index (χ4v) is 1.85. The standard InChI is InChI=1S/C13H10F4N4O/c1-19-9-4-8(15)7(14)2-5(9)11-6(13(18)22)3-10(12(16)17)20-21-11/h2-4,12,19H,1H3,(H2,18,22). The molecular weight excluding hydrogens is 304 g/mol. The topological polar surface area (TPSA) is 80.9 Å². The molecule has 1 aromatic carbocycles. The average molecular weight is 314 g/mol. The maximum absolute atomic E-state index is 13.4. The second-order valence-corrected chi connectivity index (χ2v) is 4.26. The van der Waals surface area contributed by atoms with Gasteiger partial charge in [0, 0.05) is 24.4 Å². The number of nitrogens with two attached hydrogens (primary N) is 1. The lowest BCUT2D eigenvalue weighted by atomic mass is 10.0. The van der Waals surface area contributed by atoms with Crippen molar-refractivity contribution in [2.75, 3.05) is 12.4 Å². The summed E-state index contributed by atoms with van der Waals surface area (Å²) in [6.45, 7) is 0. The number of anilines is 1. The van der Waals surface area contributed by atoms with Crippen LogP contribution in [-0.2, 0) is 0 Å². The number of alkyl halides is 2. The lowest BCUT2D eigenvalue weighted by Gasteiger charge is -2.12. The molecule has 0 atom stereocenters. The Balaban J connectivity index is 2.72. The molecule has 0 saturated carbocycles. The van der Waals surface area contributed by atoms with Crippen molar-refractivity contribution < 1.29 is 22.4 Å². The Bertz CT molecular complexity index is 736. The molecule has 5 nitrogen and oxygen atoms in total. The Labute approximate surface area is 122 Å². The highest BCUT2D eigenvalue weighted by Gasteiger charge is 2.21. The molecule has 22 heavy (non-hydrogen) atoms. The van der Waals surface area contributed by atoms with Gasteiger partial charge in [-0.05, 0) is 12.1 Å². The normalized spacial score (nSPS) is 10.8. The van der Waals surface area contributed by atoms with E-state index in [0.717, 1.165) is 18.2 Å². The zero-order valence-corrected chi connectivity index (χ0v) is 11.2. The molecule has 1 aromatic heterocycles. The predicted molar refractivity (Wildman–Crippen MR) is 70.4 cm³/mol. The summed E-state index contributed by atoms with van der Waals surface area (Å²) >= 11 is 0. The molecule has 0 fully saturated rings. The molecule has 2 aromatic rings. The van der Waals surface area contributed by atoms with Crippen LogP contribution in [0.25, 0.3) is 11.3 Å². The van der Waals surface area contributed by atoms with Gasteiger partial charge in [-0.3, -0.25) is 4.79 Å². The molecule has 0 unspecified atom stereocenters. The maximum Gasteiger partial charge on any atom is 0.282 e. The second-order valence-electron chi connectivity index (χ2n) is 4.26. The second kappa shape index (κ2) is 5.96. The third-order valence-corrected chi connectivity index (χ3v) is 2.89. The van der Waals surface area contributed by atoms with Crippen LogP contribution < -0.4 is 11.1 Å². The van der Waals surface area contributed by atoms with E-state index in [1.165, 1.54) is 7.05 Å². The Kier molecular flexibility index (Phi) is 4.25. The van der Waals surface area contributed by atoms with E-state index < -0.39 is 29.7 Å². The molecule has 0 aliphatic carbocycles. The van der Waals surface area contributed by atoms with Gasteiger partial charge in [-0.15, -0.1) is 10.2 Å². The number of nitrogens with zero attached hydrogens (tertiary/aromatic N) is 2. The van der Waals surface area contributed by atoms with Gasteiger partial charge in [0.25, 0.3) is 12.3 Å². The third-order valence-electron chi connectivity index (χ3n) is 2.89. The lowest BCUT2D eigenvalue weighted by Crippen LogP contribution is -2.15. The number of hydrogen-bond acceptors (Lipinski definition) is 4. The average Bonchev–Trinajstić information content (AvgIpc) is 2.48. The molecule has 116 valence electrons. The highest BCUT2D eigenvalue weighted by Crippen LogP contribution is 2.31. The van der Waals surface area contributed by atoms with E-state index in [0.29, 0.717) is 0 Å². The summed E-state index contributed by atoms with van der Waals surface area (Å²) in [4.78, 5) is 11.4. The maximum atomic E-state index is 13.4. The summed E-state index contributed by atoms with van der Waals surface area (Å²) in [5.74, 6) is -3.35. The molecule has 0 aliphatic heterocycles. The molecule has 9 heteroatoms. The Morgan fingerprint density at radius 1 is 1.18 bits per heavy atom. The number of rotatable bonds is 4. The van der Waals surface area contributed by atoms with Crippen LogP contribution in [-0.4, -0.2) is 23.2 Å². The first-order chi connectivity index (χ1) is 10.3. The van der Waals surface area contributed by atoms with Crippen molar-refractivity contribution in [2.45, 2.75) is 6.43 Å². The van der Waals surface area contributed by atoms with Crippen molar-refractivity contribution in [3.63, 3.8) is 0 Å². The number of nitrogens with one attached hydrogen (secondary N) is 1. The monoisotopic (exact) mass is 314 g/mol. The first kappa shape index (κ1) is 15.7. The van der Waals surface area contributed by atoms with E-state index in [4.69, 9.17) is 5.73 Å². The predicted octanol–water partition coefficient (Wildman–Crippen LogP) is 2.50. The van der Waals surface area contributed by atoms with Crippen LogP contribution in [0, 0.1) is 11.6 Å². The van der Waals surface area contributed by atoms with Crippen LogP contribution in [0.5, 0.6) is 0 Å². The van der Waals surface area contributed by atoms with Gasteiger partial charge in [0.2, 0.25) is 0 Å². The lowest BCUT2D eigenvalue weighted by molar-refractivity contribution is 0.0999. The number of aromatic nitrogens is 2. The van der Waals surface area contributed by atoms with E-state index in [9.17, 15) is 22.4 Å². The van der Waals surface area contributed by atoms with Gasteiger partial charge in [-0.2, -0.15) is 0 Å². The van der Waals surface area contributed by atoms with E-state index in [1.54, 1.807) is 0 Å². The van der Waals surface area contributed by atoms with E-state index in [-0.39, 0.29) is 22.5 Å². The van der Waals surface area contributed by atoms with Crippen molar-refractivity contribution in [1.82, 2.24) is 10.2 Å². The van der Waals surface area contributed by atoms with Crippen LogP contribution in [0.3, 0.4) is 0 Å². The van der Waals surface area contributed by atoms with Crippen molar-refractivity contribution in [1.29, 1.82) is 0 Å². The minimum Gasteiger partial charge on any atom is -0.387 e. The van der Waals surface area contributed by atoms with Gasteiger partial charge >= 0.3 is 0 Å². The van der Waals surface area contributed by atoms with Crippen LogP contribution in [0.4, 0.5) is 23.2 Å². The van der Waals surface area contributed by atoms with Gasteiger partial charge in [0.05, 0.1) is 5.56 Å². The molecule has 1 amide bonds. The van der Waals surface area contributed by atoms with Crippen molar-refractivity contribution in [3.05, 3.63) is 41.1 Å². The fourth-order valence-electron chi connectivity index (χ4n) is 1.85. The molecule has 2 rings (SSSR count). The minimum atomic E-state index is -2.95. The molecule has 0 radical (unpaired) electrons. The zero-order valence-electron chi connectivity index (χ0n) is 11.2. The molecule has 1 heterocycles. The Hall–Kier alpha value is -2.71. The highest BCUT2D eigenvalue weighted by atomic mass is 19.3. The summed E-state index contributed by atoms with van der Waals surface area (Å²) in [5, 5.41) is 9.38. The summed E-state index contributed by atoms with van der Waals surface area (Å²) in [5.41, 5.74) is 3.88. The van der Waals surface area contributed by atoms with E-state index >= 15 is 0 Å². The number of primary amides is 1. The summed E-state index contributed by atoms with van der Waals surface area (Å²) < 4.78 is 51.9. The van der Waals surface area contributed by atoms with Gasteiger partial charge in [-0.25, -0.2) is 17.6 Å². The van der Waals surface area contributed by atoms with Crippen LogP contribution in [0.15, 0.2) is 18.2 Å². The number of hydrogen-bond donors (Lipinski definition) is 2. The quantitative estimate of drug-likeness (QED) is 0.850. The fraction of sp³-hybridized carbons (Fsp3) is 0.154. The van der Waals surface area contributed by atoms with Gasteiger partial charge in [-0.1, -0.05) is 0 Å². The molecular formula is C13H10F4N4O. The molecule has 0 aliphatic rings. The number of halogens is 4. The largest absolute Gasteiger partial charge is 0.387 e. The summed E-state index contributed by atoms with van der Waals surface area (Å²) in [6.07, 6.45) is -2.95. The highest BCUT2D eigenvalue weighted by molar-refractivity contribution is 6.00. The Morgan fingerprint density at radius 2 is 1.82 bits per heavy atom. The number of benzene rings is 1. The summed E-state index contributed by atoms with van der Waals surface area (Å²) in [7, 11) is 1.43. The number of carbonyl (C=O) groups is 1. The number of amides is 1. The number of carbonyl (C=O) groups excluding carboxylic acids is 1. The minimum absolute atomic E-state index is 0.0245. The first-order valence-electron chi connectivity index (χ1n) is 5.98. The van der Waals surface area contributed by atoms with Crippen molar-refractivity contribution >= 4 is 11.6 Å². The summed E-state index contributed by atoms with van der Waals surface area (Å²) in [6, 6.07) is 2.40. The molecule has 0 bridgehead atoms. The third kappa shape index (κ3) is 2.83. The molecule has 3 N–H and O–H groups in total. The first-order valence-corrected chi connectivity index (χ1v) is 5.98. The van der Waals surface area contributed by atoms with Crippen molar-refractivity contribution in [2.24, 2.45) is 5.73 Å². The van der Waals surface area contributed by atoms with Crippen LogP contribution in [0.1, 0.15) is 22.5 Å². The van der Waals surface area contributed by atoms with Gasteiger partial charge in [0.15, 0.2) is 11.6 Å². The van der Waals surface area contributed by atoms with Gasteiger partial charge in [0.1, 0.15) is 11.4 Å².